The average molecular weight is 528 g/mol. The number of benzene rings is 2. The van der Waals surface area contributed by atoms with E-state index in [1.807, 2.05) is 41.8 Å². The Labute approximate surface area is 214 Å². The molecule has 0 spiro atoms. The lowest BCUT2D eigenvalue weighted by atomic mass is 9.90. The standard InChI is InChI=1S/C25H23F2N5O2S2/c1-16(25(33,13-31-15-28-14-30-31)20-8-5-18(26)11-21(20)27)35-12-22-23(32-10-9-29-24(32)36-22)17-3-6-19(34-2)7-4-17/h3-11,14-16,33H,12-13H2,1-2H3/t16-,25-/m1/s1. The molecule has 5 aromatic rings. The minimum Gasteiger partial charge on any atom is -0.497 e. The Morgan fingerprint density at radius 1 is 1.19 bits per heavy atom. The maximum Gasteiger partial charge on any atom is 0.194 e. The monoisotopic (exact) mass is 527 g/mol. The summed E-state index contributed by atoms with van der Waals surface area (Å²) < 4.78 is 37.3. The van der Waals surface area contributed by atoms with Gasteiger partial charge in [-0.2, -0.15) is 5.10 Å². The quantitative estimate of drug-likeness (QED) is 0.286. The molecule has 2 atom stereocenters. The average Bonchev–Trinajstić information content (AvgIpc) is 3.60. The summed E-state index contributed by atoms with van der Waals surface area (Å²) in [7, 11) is 1.63. The molecule has 0 saturated carbocycles. The third-order valence-corrected chi connectivity index (χ3v) is 8.69. The smallest absolute Gasteiger partial charge is 0.194 e. The van der Waals surface area contributed by atoms with Crippen molar-refractivity contribution in [3.8, 4) is 17.0 Å². The van der Waals surface area contributed by atoms with Crippen LogP contribution in [0, 0.1) is 11.6 Å². The van der Waals surface area contributed by atoms with Crippen LogP contribution in [0.3, 0.4) is 0 Å². The van der Waals surface area contributed by atoms with Gasteiger partial charge in [-0.05, 0) is 35.9 Å². The number of ether oxygens (including phenoxy) is 1. The molecule has 3 aromatic heterocycles. The van der Waals surface area contributed by atoms with E-state index < -0.39 is 22.5 Å². The van der Waals surface area contributed by atoms with Crippen LogP contribution in [0.2, 0.25) is 0 Å². The van der Waals surface area contributed by atoms with Crippen molar-refractivity contribution in [2.24, 2.45) is 0 Å². The molecule has 0 fully saturated rings. The Morgan fingerprint density at radius 2 is 2.00 bits per heavy atom. The van der Waals surface area contributed by atoms with Crippen LogP contribution in [-0.4, -0.2) is 41.6 Å². The fourth-order valence-electron chi connectivity index (χ4n) is 4.15. The summed E-state index contributed by atoms with van der Waals surface area (Å²) in [6.45, 7) is 1.79. The lowest BCUT2D eigenvalue weighted by molar-refractivity contribution is 0.0133. The van der Waals surface area contributed by atoms with Crippen molar-refractivity contribution in [3.05, 3.63) is 89.6 Å². The number of rotatable bonds is 9. The Balaban J connectivity index is 1.47. The Morgan fingerprint density at radius 3 is 2.69 bits per heavy atom. The van der Waals surface area contributed by atoms with Gasteiger partial charge in [-0.1, -0.05) is 24.3 Å². The second-order valence-electron chi connectivity index (χ2n) is 8.28. The number of aliphatic hydroxyl groups is 1. The van der Waals surface area contributed by atoms with Crippen molar-refractivity contribution >= 4 is 28.1 Å². The summed E-state index contributed by atoms with van der Waals surface area (Å²) in [5.74, 6) is -0.205. The molecule has 7 nitrogen and oxygen atoms in total. The van der Waals surface area contributed by atoms with Crippen LogP contribution in [-0.2, 0) is 17.9 Å². The summed E-state index contributed by atoms with van der Waals surface area (Å²) in [6, 6.07) is 11.0. The predicted molar refractivity (Wildman–Crippen MR) is 136 cm³/mol. The minimum absolute atomic E-state index is 0.00996. The first-order chi connectivity index (χ1) is 17.4. The summed E-state index contributed by atoms with van der Waals surface area (Å²) in [5, 5.41) is 15.4. The predicted octanol–water partition coefficient (Wildman–Crippen LogP) is 5.15. The molecule has 186 valence electrons. The number of thioether (sulfide) groups is 1. The van der Waals surface area contributed by atoms with E-state index >= 15 is 0 Å². The molecule has 11 heteroatoms. The van der Waals surface area contributed by atoms with Crippen LogP contribution < -0.4 is 4.74 Å². The molecule has 5 rings (SSSR count). The highest BCUT2D eigenvalue weighted by molar-refractivity contribution is 7.99. The molecule has 0 saturated heterocycles. The van der Waals surface area contributed by atoms with Gasteiger partial charge in [0.15, 0.2) is 4.96 Å². The second kappa shape index (κ2) is 10.00. The molecule has 0 aliphatic carbocycles. The summed E-state index contributed by atoms with van der Waals surface area (Å²) in [5.41, 5.74) is 0.345. The van der Waals surface area contributed by atoms with Crippen molar-refractivity contribution in [1.82, 2.24) is 24.1 Å². The van der Waals surface area contributed by atoms with Crippen molar-refractivity contribution in [1.29, 1.82) is 0 Å². The molecule has 0 aliphatic rings. The van der Waals surface area contributed by atoms with E-state index in [1.54, 1.807) is 24.6 Å². The van der Waals surface area contributed by atoms with E-state index in [1.165, 1.54) is 35.2 Å². The topological polar surface area (TPSA) is 77.5 Å². The van der Waals surface area contributed by atoms with E-state index in [2.05, 4.69) is 15.1 Å². The lowest BCUT2D eigenvalue weighted by Gasteiger charge is -2.34. The first kappa shape index (κ1) is 24.4. The van der Waals surface area contributed by atoms with Crippen molar-refractivity contribution in [2.75, 3.05) is 7.11 Å². The number of thiazole rings is 1. The van der Waals surface area contributed by atoms with Gasteiger partial charge < -0.3 is 9.84 Å². The van der Waals surface area contributed by atoms with Crippen molar-refractivity contribution < 1.29 is 18.6 Å². The fourth-order valence-corrected chi connectivity index (χ4v) is 6.50. The highest BCUT2D eigenvalue weighted by atomic mass is 32.2. The van der Waals surface area contributed by atoms with Crippen LogP contribution in [0.1, 0.15) is 17.4 Å². The molecule has 2 aromatic carbocycles. The van der Waals surface area contributed by atoms with Crippen LogP contribution in [0.25, 0.3) is 16.2 Å². The first-order valence-corrected chi connectivity index (χ1v) is 13.0. The first-order valence-electron chi connectivity index (χ1n) is 11.1. The number of hydrogen-bond donors (Lipinski definition) is 1. The zero-order valence-electron chi connectivity index (χ0n) is 19.5. The van der Waals surface area contributed by atoms with E-state index in [0.717, 1.165) is 39.0 Å². The molecule has 0 radical (unpaired) electrons. The number of hydrogen-bond acceptors (Lipinski definition) is 7. The van der Waals surface area contributed by atoms with Crippen LogP contribution in [0.5, 0.6) is 5.75 Å². The lowest BCUT2D eigenvalue weighted by Crippen LogP contribution is -2.41. The maximum atomic E-state index is 14.9. The number of methoxy groups -OCH3 is 1. The summed E-state index contributed by atoms with van der Waals surface area (Å²) in [4.78, 5) is 10.3. The third kappa shape index (κ3) is 4.61. The molecule has 0 aliphatic heterocycles. The number of aromatic nitrogens is 5. The zero-order chi connectivity index (χ0) is 25.3. The van der Waals surface area contributed by atoms with Gasteiger partial charge in [0.2, 0.25) is 0 Å². The number of halogens is 2. The Kier molecular flexibility index (Phi) is 6.78. The van der Waals surface area contributed by atoms with Gasteiger partial charge in [0.1, 0.15) is 35.6 Å². The van der Waals surface area contributed by atoms with Gasteiger partial charge in [-0.25, -0.2) is 23.4 Å². The second-order valence-corrected chi connectivity index (χ2v) is 10.7. The third-order valence-electron chi connectivity index (χ3n) is 6.09. The molecule has 36 heavy (non-hydrogen) atoms. The zero-order valence-corrected chi connectivity index (χ0v) is 21.1. The molecule has 0 amide bonds. The van der Waals surface area contributed by atoms with Gasteiger partial charge in [-0.15, -0.1) is 11.8 Å². The SMILES string of the molecule is COc1ccc(-c2c(CS[C@H](C)[C@](O)(Cn3cncn3)c3ccc(F)cc3F)sc3nccn23)cc1. The van der Waals surface area contributed by atoms with E-state index in [-0.39, 0.29) is 12.1 Å². The largest absolute Gasteiger partial charge is 0.497 e. The molecule has 1 N–H and O–H groups in total. The number of fused-ring (bicyclic) bond motifs is 1. The van der Waals surface area contributed by atoms with Gasteiger partial charge >= 0.3 is 0 Å². The van der Waals surface area contributed by atoms with Gasteiger partial charge in [0, 0.05) is 39.9 Å². The molecule has 0 bridgehead atoms. The van der Waals surface area contributed by atoms with Gasteiger partial charge in [-0.3, -0.25) is 4.40 Å². The maximum absolute atomic E-state index is 14.9. The highest BCUT2D eigenvalue weighted by Gasteiger charge is 2.39. The normalized spacial score (nSPS) is 14.1. The van der Waals surface area contributed by atoms with Crippen LogP contribution >= 0.6 is 23.1 Å². The van der Waals surface area contributed by atoms with E-state index in [0.29, 0.717) is 5.75 Å². The van der Waals surface area contributed by atoms with Crippen molar-refractivity contribution in [2.45, 2.75) is 30.1 Å². The summed E-state index contributed by atoms with van der Waals surface area (Å²) >= 11 is 3.04. The number of nitrogens with zero attached hydrogens (tertiary/aromatic N) is 5. The molecule has 0 unspecified atom stereocenters. The highest BCUT2D eigenvalue weighted by Crippen LogP contribution is 2.40. The molecular formula is C25H23F2N5O2S2. The Hall–Kier alpha value is -3.28. The Bertz CT molecular complexity index is 1470. The minimum atomic E-state index is -1.67. The summed E-state index contributed by atoms with van der Waals surface area (Å²) in [6.07, 6.45) is 6.48. The molecular weight excluding hydrogens is 504 g/mol. The fraction of sp³-hybridized carbons (Fsp3) is 0.240. The van der Waals surface area contributed by atoms with Crippen LogP contribution in [0.4, 0.5) is 8.78 Å². The van der Waals surface area contributed by atoms with Gasteiger partial charge in [0.05, 0.1) is 19.3 Å². The number of imidazole rings is 1. The van der Waals surface area contributed by atoms with Crippen LogP contribution in [0.15, 0.2) is 67.5 Å². The molecule has 3 heterocycles. The van der Waals surface area contributed by atoms with Gasteiger partial charge in [0.25, 0.3) is 0 Å². The van der Waals surface area contributed by atoms with E-state index in [9.17, 15) is 13.9 Å². The van der Waals surface area contributed by atoms with E-state index in [4.69, 9.17) is 4.74 Å². The van der Waals surface area contributed by atoms with Crippen molar-refractivity contribution in [3.63, 3.8) is 0 Å².